The molecule has 0 aromatic heterocycles. The second-order valence-corrected chi connectivity index (χ2v) is 35.1. The zero-order valence-electron chi connectivity index (χ0n) is 65.2. The van der Waals surface area contributed by atoms with Crippen LogP contribution in [0.4, 0.5) is 0 Å². The Hall–Kier alpha value is -11.7. The van der Waals surface area contributed by atoms with Gasteiger partial charge in [0.15, 0.2) is 0 Å². The van der Waals surface area contributed by atoms with Gasteiger partial charge in [-0.2, -0.15) is 0 Å². The van der Waals surface area contributed by atoms with Crippen LogP contribution in [0.3, 0.4) is 0 Å². The number of esters is 8. The summed E-state index contributed by atoms with van der Waals surface area (Å²) < 4.78 is 170. The Morgan fingerprint density at radius 2 is 0.748 bits per heavy atom. The number of ether oxygens (including phenoxy) is 8. The third kappa shape index (κ3) is 24.0. The third-order valence-corrected chi connectivity index (χ3v) is 23.3. The fourth-order valence-corrected chi connectivity index (χ4v) is 16.2. The van der Waals surface area contributed by atoms with Gasteiger partial charge in [0.1, 0.15) is 89.3 Å². The maximum absolute atomic E-state index is 13.3. The van der Waals surface area contributed by atoms with E-state index in [1.54, 1.807) is 54.6 Å². The fraction of sp³-hybridized carbons (Fsp3) is 0.267. The molecule has 0 spiro atoms. The van der Waals surface area contributed by atoms with Gasteiger partial charge in [-0.15, -0.1) is 0 Å². The lowest BCUT2D eigenvalue weighted by molar-refractivity contribution is -0.167. The normalized spacial score (nSPS) is 17.0. The molecule has 6 aliphatic rings. The molecule has 0 aliphatic heterocycles. The number of rotatable bonds is 28. The highest BCUT2D eigenvalue weighted by molar-refractivity contribution is 7.86. The molecule has 0 saturated heterocycles. The van der Waals surface area contributed by atoms with Crippen LogP contribution in [-0.2, 0) is 104 Å². The minimum absolute atomic E-state index is 0.0231. The topological polar surface area (TPSA) is 456 Å². The lowest BCUT2D eigenvalue weighted by atomic mass is 9.49. The molecule has 8 radical (unpaired) electrons. The summed E-state index contributed by atoms with van der Waals surface area (Å²) in [5, 5.41) is 1.53. The van der Waals surface area contributed by atoms with Crippen LogP contribution in [0.2, 0.25) is 0 Å². The van der Waals surface area contributed by atoms with Crippen molar-refractivity contribution >= 4 is 142 Å². The second kappa shape index (κ2) is 40.1. The molecule has 6 aliphatic carbocycles. The van der Waals surface area contributed by atoms with Crippen LogP contribution in [0.25, 0.3) is 28.0 Å². The van der Waals surface area contributed by atoms with Gasteiger partial charge in [0, 0.05) is 11.8 Å². The zero-order valence-corrected chi connectivity index (χ0v) is 68.5. The fourth-order valence-electron chi connectivity index (χ4n) is 15.0. The van der Waals surface area contributed by atoms with Crippen molar-refractivity contribution in [2.75, 3.05) is 49.4 Å². The van der Waals surface area contributed by atoms with E-state index in [1.165, 1.54) is 48.5 Å². The predicted molar refractivity (Wildman–Crippen MR) is 442 cm³/mol. The summed E-state index contributed by atoms with van der Waals surface area (Å²) in [4.78, 5) is 114. The van der Waals surface area contributed by atoms with Gasteiger partial charge in [-0.1, -0.05) is 193 Å². The number of carbonyl (C=O) groups excluding carboxylic acids is 9. The van der Waals surface area contributed by atoms with E-state index in [0.29, 0.717) is 58.4 Å². The molecular weight excluding hydrogens is 1670 g/mol. The van der Waals surface area contributed by atoms with Crippen molar-refractivity contribution in [2.45, 2.75) is 69.2 Å². The monoisotopic (exact) mass is 1740 g/mol. The highest BCUT2D eigenvalue weighted by Gasteiger charge is 2.59. The molecule has 0 amide bonds. The number of benzene rings is 9. The smallest absolute Gasteiger partial charge is 0.344 e. The number of hydrogen-bond acceptors (Lipinski definition) is 29. The number of hydrogen-bond donors (Lipinski definition) is 0. The van der Waals surface area contributed by atoms with Crippen molar-refractivity contribution in [1.82, 2.24) is 0 Å². The summed E-state index contributed by atoms with van der Waals surface area (Å²) in [6, 6.07) is 52.4. The molecular formula is C86H72B4O29S4-4. The van der Waals surface area contributed by atoms with Crippen LogP contribution in [-0.4, -0.2) is 186 Å². The number of fused-ring (bicyclic) bond motifs is 5. The molecule has 4 bridgehead atoms. The molecule has 0 heterocycles. The Morgan fingerprint density at radius 3 is 1.17 bits per heavy atom. The Kier molecular flexibility index (Phi) is 30.0. The molecule has 3 atom stereocenters. The molecule has 9 aromatic carbocycles. The van der Waals surface area contributed by atoms with Crippen molar-refractivity contribution in [3.63, 3.8) is 0 Å². The Bertz CT molecular complexity index is 6050. The summed E-state index contributed by atoms with van der Waals surface area (Å²) in [7, 11) is 4.50. The second-order valence-electron chi connectivity index (χ2n) is 29.0. The molecule has 123 heavy (non-hydrogen) atoms. The minimum Gasteiger partial charge on any atom is -0.748 e. The Balaban J connectivity index is 0.000000160. The van der Waals surface area contributed by atoms with Gasteiger partial charge in [0.05, 0.1) is 106 Å². The van der Waals surface area contributed by atoms with E-state index in [0.717, 1.165) is 51.6 Å². The van der Waals surface area contributed by atoms with E-state index in [1.807, 2.05) is 97.1 Å². The van der Waals surface area contributed by atoms with Gasteiger partial charge in [0.25, 0.3) is 0 Å². The van der Waals surface area contributed by atoms with E-state index >= 15 is 0 Å². The quantitative estimate of drug-likeness (QED) is 0.0146. The van der Waals surface area contributed by atoms with Crippen LogP contribution >= 0.6 is 0 Å². The molecule has 29 nitrogen and oxygen atoms in total. The van der Waals surface area contributed by atoms with Crippen LogP contribution in [0, 0.1) is 23.2 Å². The standard InChI is InChI=1S/C24H19BO7S.C21H23BO8S.C21H17BO7S.C20H17BO7S/c25-14-15-9-10-20(23(26)31-11-12-33(28,29)30)21(13-15)32-24(27)22-18-7-3-1-5-16(18)17-6-2-4-8-19(17)22;22-11-12-1-2-16(19(24)29-3-4-31(26,27)28)17(7-12)30-20(25)21-8-13-5-14(9-21)18(23)15(6-13)10-21;22-13-14-8-9-18(20(23)28-10-11-30(25,26)27)19(12-14)29-21(24)17-7-3-5-15-4-1-2-6-16(15)17;21-12-13-5-7-17(19(22)27-9-10-29(24,25)26)18(11-13)28-20(23)16-8-6-14-3-1-2-4-15(14)16/h1-10,13,22H,11-12,14H2,(H,28,29,30);1-2,7,13-15H,3-6,8-11H2,(H,26,27,28);1-9,12H,10-11,13H2,(H,25,26,27);1-8,11,16H,9-10,12H2,(H,24,25,26)/p-4. The minimum atomic E-state index is -4.54. The van der Waals surface area contributed by atoms with Crippen molar-refractivity contribution in [3.8, 4) is 34.1 Å². The van der Waals surface area contributed by atoms with Gasteiger partial charge in [-0.05, 0) is 137 Å². The summed E-state index contributed by atoms with van der Waals surface area (Å²) in [5.74, 6) is -10.5. The van der Waals surface area contributed by atoms with E-state index in [4.69, 9.17) is 69.3 Å². The van der Waals surface area contributed by atoms with Crippen molar-refractivity contribution in [2.24, 2.45) is 23.2 Å². The van der Waals surface area contributed by atoms with Gasteiger partial charge >= 0.3 is 47.8 Å². The van der Waals surface area contributed by atoms with Crippen LogP contribution in [0.15, 0.2) is 194 Å². The lowest BCUT2D eigenvalue weighted by Crippen LogP contribution is -2.55. The highest BCUT2D eigenvalue weighted by Crippen LogP contribution is 2.59. The van der Waals surface area contributed by atoms with Crippen LogP contribution in [0.5, 0.6) is 23.0 Å². The molecule has 37 heteroatoms. The van der Waals surface area contributed by atoms with Crippen LogP contribution in [0.1, 0.15) is 140 Å². The third-order valence-electron chi connectivity index (χ3n) is 20.7. The predicted octanol–water partition coefficient (Wildman–Crippen LogP) is 8.34. The van der Waals surface area contributed by atoms with Crippen LogP contribution < -0.4 is 18.9 Å². The lowest BCUT2D eigenvalue weighted by Gasteiger charge is -2.53. The summed E-state index contributed by atoms with van der Waals surface area (Å²) in [6.07, 6.45) is 7.37. The summed E-state index contributed by atoms with van der Waals surface area (Å²) >= 11 is 0. The van der Waals surface area contributed by atoms with Crippen molar-refractivity contribution < 1.29 is 133 Å². The van der Waals surface area contributed by atoms with E-state index in [9.17, 15) is 95.0 Å². The maximum atomic E-state index is 13.3. The SMILES string of the molecule is [B]Cc1ccc(C(=O)OCCS(=O)(=O)[O-])c(OC(=O)C23CC4CC(C2)C(=O)C(C4)C3)c1.[B]Cc1ccc(C(=O)OCCS(=O)(=O)[O-])c(OC(=O)C2C=Cc3ccccc32)c1.[B]Cc1ccc(C(=O)OCCS(=O)(=O)[O-])c(OC(=O)C2c3ccccc3-c3ccccc32)c1.[B]Cc1ccc(C(=O)OCCS(=O)(=O)[O-])c(OC(=O)c2cccc3ccccc23)c1. The summed E-state index contributed by atoms with van der Waals surface area (Å²) in [5.41, 5.74) is 6.88. The average molecular weight is 1740 g/mol. The summed E-state index contributed by atoms with van der Waals surface area (Å²) in [6.45, 7) is -2.43. The first-order valence-electron chi connectivity index (χ1n) is 38.0. The first kappa shape index (κ1) is 92.0. The molecule has 630 valence electrons. The van der Waals surface area contributed by atoms with E-state index < -0.39 is 155 Å². The molecule has 0 N–H and O–H groups in total. The van der Waals surface area contributed by atoms with Crippen molar-refractivity contribution in [1.29, 1.82) is 0 Å². The first-order valence-corrected chi connectivity index (χ1v) is 44.4. The molecule has 4 fully saturated rings. The Morgan fingerprint density at radius 1 is 0.382 bits per heavy atom. The largest absolute Gasteiger partial charge is 0.748 e. The van der Waals surface area contributed by atoms with E-state index in [-0.39, 0.29) is 88.2 Å². The highest BCUT2D eigenvalue weighted by atomic mass is 32.2. The average Bonchev–Trinajstić information content (AvgIpc) is 0.845. The number of Topliss-reactive ketones (excluding diaryl/α,β-unsaturated/α-hetero) is 1. The zero-order chi connectivity index (χ0) is 88.7. The van der Waals surface area contributed by atoms with Gasteiger partial charge < -0.3 is 56.1 Å². The molecule has 4 saturated carbocycles. The Labute approximate surface area is 713 Å². The maximum Gasteiger partial charge on any atom is 0.344 e. The molecule has 9 aromatic rings. The first-order chi connectivity index (χ1) is 58.4. The molecule has 15 rings (SSSR count). The van der Waals surface area contributed by atoms with E-state index in [2.05, 4.69) is 0 Å². The molecule has 3 unspecified atom stereocenters. The van der Waals surface area contributed by atoms with Gasteiger partial charge in [0.2, 0.25) is 0 Å². The van der Waals surface area contributed by atoms with Gasteiger partial charge in [-0.3, -0.25) is 19.2 Å². The van der Waals surface area contributed by atoms with Gasteiger partial charge in [-0.25, -0.2) is 57.6 Å². The number of carbonyl (C=O) groups is 9. The number of ketones is 1. The van der Waals surface area contributed by atoms with Crippen molar-refractivity contribution in [3.05, 3.63) is 266 Å².